The number of rotatable bonds is 2. The number of hydrogen-bond donors (Lipinski definition) is 0. The van der Waals surface area contributed by atoms with Crippen molar-refractivity contribution in [2.75, 3.05) is 0 Å². The smallest absolute Gasteiger partial charge is 0.0292 e. The molecule has 1 aromatic heterocycles. The lowest BCUT2D eigenvalue weighted by Crippen LogP contribution is -1.96. The van der Waals surface area contributed by atoms with E-state index < -0.39 is 0 Å². The molecule has 1 aliphatic rings. The molecule has 0 radical (unpaired) electrons. The lowest BCUT2D eigenvalue weighted by molar-refractivity contribution is 0.733. The molecule has 0 aromatic carbocycles. The van der Waals surface area contributed by atoms with Crippen LogP contribution in [0.2, 0.25) is 0 Å². The summed E-state index contributed by atoms with van der Waals surface area (Å²) < 4.78 is 2.26. The molecule has 0 fully saturated rings. The van der Waals surface area contributed by atoms with Crippen molar-refractivity contribution < 1.29 is 0 Å². The lowest BCUT2D eigenvalue weighted by atomic mass is 9.94. The summed E-state index contributed by atoms with van der Waals surface area (Å²) in [6, 6.07) is 4.36. The number of fused-ring (bicyclic) bond motifs is 1. The first-order chi connectivity index (χ1) is 5.86. The van der Waals surface area contributed by atoms with Crippen LogP contribution in [-0.4, -0.2) is 4.57 Å². The first-order valence-electron chi connectivity index (χ1n) is 4.74. The summed E-state index contributed by atoms with van der Waals surface area (Å²) in [4.78, 5) is 0. The van der Waals surface area contributed by atoms with Crippen molar-refractivity contribution in [1.82, 2.24) is 4.57 Å². The fourth-order valence-corrected chi connectivity index (χ4v) is 2.09. The summed E-state index contributed by atoms with van der Waals surface area (Å²) in [5.74, 6) is 0.685. The lowest BCUT2D eigenvalue weighted by Gasteiger charge is -2.09. The molecule has 1 aromatic rings. The van der Waals surface area contributed by atoms with Gasteiger partial charge in [0, 0.05) is 24.0 Å². The van der Waals surface area contributed by atoms with Gasteiger partial charge in [-0.15, -0.1) is 0 Å². The van der Waals surface area contributed by atoms with Crippen molar-refractivity contribution in [3.05, 3.63) is 29.6 Å². The summed E-state index contributed by atoms with van der Waals surface area (Å²) >= 11 is 0. The molecular weight excluding hydrogens is 146 g/mol. The molecule has 0 bridgehead atoms. The van der Waals surface area contributed by atoms with E-state index in [1.165, 1.54) is 18.5 Å². The molecule has 0 N–H and O–H groups in total. The Morgan fingerprint density at radius 3 is 2.92 bits per heavy atom. The van der Waals surface area contributed by atoms with Crippen molar-refractivity contribution in [3.8, 4) is 0 Å². The van der Waals surface area contributed by atoms with Crippen molar-refractivity contribution in [1.29, 1.82) is 0 Å². The maximum absolute atomic E-state index is 2.28. The van der Waals surface area contributed by atoms with Crippen LogP contribution in [0.4, 0.5) is 0 Å². The fourth-order valence-electron chi connectivity index (χ4n) is 2.09. The number of hydrogen-bond acceptors (Lipinski definition) is 0. The van der Waals surface area contributed by atoms with Crippen LogP contribution in [0.3, 0.4) is 0 Å². The van der Waals surface area contributed by atoms with Crippen LogP contribution in [0, 0.1) is 0 Å². The molecule has 1 nitrogen and oxygen atoms in total. The van der Waals surface area contributed by atoms with E-state index in [1.807, 2.05) is 0 Å². The van der Waals surface area contributed by atoms with Gasteiger partial charge < -0.3 is 4.57 Å². The molecule has 1 aliphatic heterocycles. The van der Waals surface area contributed by atoms with Gasteiger partial charge >= 0.3 is 0 Å². The Morgan fingerprint density at radius 1 is 1.42 bits per heavy atom. The first-order valence-corrected chi connectivity index (χ1v) is 4.74. The zero-order valence-electron chi connectivity index (χ0n) is 7.75. The highest BCUT2D eigenvalue weighted by Crippen LogP contribution is 2.35. The zero-order valence-corrected chi connectivity index (χ0v) is 7.75. The topological polar surface area (TPSA) is 4.93 Å². The van der Waals surface area contributed by atoms with Crippen LogP contribution < -0.4 is 0 Å². The van der Waals surface area contributed by atoms with E-state index in [4.69, 9.17) is 0 Å². The molecular formula is C11H15N. The number of aromatic nitrogens is 1. The zero-order chi connectivity index (χ0) is 8.55. The van der Waals surface area contributed by atoms with E-state index in [2.05, 4.69) is 42.9 Å². The van der Waals surface area contributed by atoms with Crippen molar-refractivity contribution in [3.63, 3.8) is 0 Å². The Bertz CT molecular complexity index is 307. The summed E-state index contributed by atoms with van der Waals surface area (Å²) in [7, 11) is 0. The van der Waals surface area contributed by atoms with Gasteiger partial charge in [-0.1, -0.05) is 13.8 Å². The summed E-state index contributed by atoms with van der Waals surface area (Å²) in [5.41, 5.74) is 3.04. The quantitative estimate of drug-likeness (QED) is 0.627. The molecule has 64 valence electrons. The van der Waals surface area contributed by atoms with Gasteiger partial charge in [0.1, 0.15) is 0 Å². The maximum Gasteiger partial charge on any atom is 0.0292 e. The van der Waals surface area contributed by atoms with Crippen molar-refractivity contribution in [2.24, 2.45) is 0 Å². The predicted molar refractivity (Wildman–Crippen MR) is 52.0 cm³/mol. The van der Waals surface area contributed by atoms with E-state index in [9.17, 15) is 0 Å². The van der Waals surface area contributed by atoms with Crippen LogP contribution in [-0.2, 0) is 0 Å². The van der Waals surface area contributed by atoms with E-state index in [0.717, 1.165) is 0 Å². The Balaban J connectivity index is 2.40. The highest BCUT2D eigenvalue weighted by molar-refractivity contribution is 5.47. The summed E-state index contributed by atoms with van der Waals surface area (Å²) in [5, 5.41) is 0. The third kappa shape index (κ3) is 0.927. The fraction of sp³-hybridized carbons (Fsp3) is 0.455. The summed E-state index contributed by atoms with van der Waals surface area (Å²) in [6.07, 6.45) is 6.83. The Kier molecular flexibility index (Phi) is 1.80. The standard InChI is InChI=1S/C11H15N/c1-3-9-8-12-7-5-6-11(12)10(9)4-2/h5-8,10H,3-4H2,1-2H3. The maximum atomic E-state index is 2.28. The van der Waals surface area contributed by atoms with Gasteiger partial charge in [-0.25, -0.2) is 0 Å². The highest BCUT2D eigenvalue weighted by atomic mass is 15.0. The van der Waals surface area contributed by atoms with E-state index in [1.54, 1.807) is 5.57 Å². The largest absolute Gasteiger partial charge is 0.327 e. The minimum Gasteiger partial charge on any atom is -0.327 e. The molecule has 0 spiro atoms. The van der Waals surface area contributed by atoms with Gasteiger partial charge in [0.15, 0.2) is 0 Å². The molecule has 2 heterocycles. The van der Waals surface area contributed by atoms with Gasteiger partial charge in [0.25, 0.3) is 0 Å². The average Bonchev–Trinajstić information content (AvgIpc) is 2.61. The minimum atomic E-state index is 0.685. The van der Waals surface area contributed by atoms with Crippen molar-refractivity contribution in [2.45, 2.75) is 32.6 Å². The second kappa shape index (κ2) is 2.81. The van der Waals surface area contributed by atoms with Gasteiger partial charge in [0.05, 0.1) is 0 Å². The third-order valence-corrected chi connectivity index (χ3v) is 2.74. The number of nitrogens with zero attached hydrogens (tertiary/aromatic N) is 1. The molecule has 0 amide bonds. The molecule has 1 heteroatoms. The van der Waals surface area contributed by atoms with Crippen LogP contribution in [0.1, 0.15) is 38.3 Å². The summed E-state index contributed by atoms with van der Waals surface area (Å²) in [6.45, 7) is 4.50. The van der Waals surface area contributed by atoms with Crippen LogP contribution in [0.15, 0.2) is 23.9 Å². The highest BCUT2D eigenvalue weighted by Gasteiger charge is 2.21. The van der Waals surface area contributed by atoms with E-state index >= 15 is 0 Å². The predicted octanol–water partition coefficient (Wildman–Crippen LogP) is 3.25. The molecule has 0 aliphatic carbocycles. The Labute approximate surface area is 73.7 Å². The molecule has 1 unspecified atom stereocenters. The normalized spacial score (nSPS) is 20.8. The molecule has 0 saturated heterocycles. The van der Waals surface area contributed by atoms with E-state index in [-0.39, 0.29) is 0 Å². The molecule has 0 saturated carbocycles. The minimum absolute atomic E-state index is 0.685. The van der Waals surface area contributed by atoms with Crippen molar-refractivity contribution >= 4 is 6.20 Å². The third-order valence-electron chi connectivity index (χ3n) is 2.74. The van der Waals surface area contributed by atoms with Gasteiger partial charge in [0.2, 0.25) is 0 Å². The Morgan fingerprint density at radius 2 is 2.25 bits per heavy atom. The van der Waals surface area contributed by atoms with Crippen LogP contribution >= 0.6 is 0 Å². The van der Waals surface area contributed by atoms with Gasteiger partial charge in [-0.3, -0.25) is 0 Å². The second-order valence-corrected chi connectivity index (χ2v) is 3.36. The monoisotopic (exact) mass is 161 g/mol. The van der Waals surface area contributed by atoms with Crippen LogP contribution in [0.5, 0.6) is 0 Å². The number of allylic oxidation sites excluding steroid dienone is 1. The van der Waals surface area contributed by atoms with E-state index in [0.29, 0.717) is 5.92 Å². The second-order valence-electron chi connectivity index (χ2n) is 3.36. The van der Waals surface area contributed by atoms with Crippen LogP contribution in [0.25, 0.3) is 6.20 Å². The Hall–Kier alpha value is -0.980. The molecule has 2 rings (SSSR count). The molecule has 1 atom stereocenters. The SMILES string of the molecule is CCC1=Cn2cccc2C1CC. The van der Waals surface area contributed by atoms with Gasteiger partial charge in [-0.2, -0.15) is 0 Å². The molecule has 12 heavy (non-hydrogen) atoms. The van der Waals surface area contributed by atoms with Gasteiger partial charge in [-0.05, 0) is 30.5 Å². The average molecular weight is 161 g/mol. The first kappa shape index (κ1) is 7.66.